The molecule has 1 unspecified atom stereocenters. The highest BCUT2D eigenvalue weighted by Crippen LogP contribution is 2.06. The minimum Gasteiger partial charge on any atom is -0.480 e. The number of aryl methyl sites for hydroxylation is 1. The van der Waals surface area contributed by atoms with Crippen molar-refractivity contribution in [1.29, 1.82) is 0 Å². The summed E-state index contributed by atoms with van der Waals surface area (Å²) in [5.74, 6) is -1.07. The number of hydrogen-bond donors (Lipinski definition) is 3. The number of carbonyl (C=O) groups excluding carboxylic acids is 1. The van der Waals surface area contributed by atoms with E-state index >= 15 is 0 Å². The second-order valence-corrected chi connectivity index (χ2v) is 4.75. The first-order valence-corrected chi connectivity index (χ1v) is 6.85. The topological polar surface area (TPSA) is 87.7 Å². The Balaban J connectivity index is 2.36. The minimum absolute atomic E-state index is 0.233. The van der Waals surface area contributed by atoms with Crippen LogP contribution >= 0.6 is 0 Å². The van der Waals surface area contributed by atoms with Crippen molar-refractivity contribution in [3.63, 3.8) is 0 Å². The van der Waals surface area contributed by atoms with Gasteiger partial charge in [-0.05, 0) is 24.5 Å². The molecule has 1 aromatic carbocycles. The number of ether oxygens (including phenoxy) is 1. The van der Waals surface area contributed by atoms with Crippen molar-refractivity contribution in [3.05, 3.63) is 35.4 Å². The van der Waals surface area contributed by atoms with Crippen LogP contribution in [-0.2, 0) is 16.0 Å². The summed E-state index contributed by atoms with van der Waals surface area (Å²) in [5.41, 5.74) is 2.33. The molecule has 0 aromatic heterocycles. The monoisotopic (exact) mass is 294 g/mol. The van der Waals surface area contributed by atoms with Crippen LogP contribution < -0.4 is 10.6 Å². The number of benzene rings is 1. The van der Waals surface area contributed by atoms with Crippen LogP contribution in [0.3, 0.4) is 0 Å². The summed E-state index contributed by atoms with van der Waals surface area (Å²) in [4.78, 5) is 22.7. The van der Waals surface area contributed by atoms with Gasteiger partial charge < -0.3 is 20.5 Å². The molecule has 6 nitrogen and oxygen atoms in total. The number of rotatable bonds is 8. The molecular weight excluding hydrogens is 272 g/mol. The first-order chi connectivity index (χ1) is 10.0. The highest BCUT2D eigenvalue weighted by molar-refractivity contribution is 5.82. The van der Waals surface area contributed by atoms with E-state index in [9.17, 15) is 9.59 Å². The molecule has 0 bridgehead atoms. The molecular formula is C15H22N2O4. The van der Waals surface area contributed by atoms with Gasteiger partial charge in [0.25, 0.3) is 0 Å². The van der Waals surface area contributed by atoms with Gasteiger partial charge in [0.05, 0.1) is 0 Å². The quantitative estimate of drug-likeness (QED) is 0.675. The zero-order chi connectivity index (χ0) is 15.7. The molecule has 0 spiro atoms. The Hall–Kier alpha value is -2.08. The van der Waals surface area contributed by atoms with Crippen LogP contribution in [-0.4, -0.2) is 43.4 Å². The van der Waals surface area contributed by atoms with Gasteiger partial charge in [-0.25, -0.2) is 9.59 Å². The van der Waals surface area contributed by atoms with E-state index in [1.54, 1.807) is 0 Å². The zero-order valence-corrected chi connectivity index (χ0v) is 12.4. The van der Waals surface area contributed by atoms with Gasteiger partial charge >= 0.3 is 12.0 Å². The summed E-state index contributed by atoms with van der Waals surface area (Å²) >= 11 is 0. The van der Waals surface area contributed by atoms with Crippen LogP contribution in [0.4, 0.5) is 4.79 Å². The molecule has 0 aliphatic carbocycles. The van der Waals surface area contributed by atoms with Crippen LogP contribution in [0.2, 0.25) is 0 Å². The van der Waals surface area contributed by atoms with E-state index < -0.39 is 18.0 Å². The molecule has 0 fully saturated rings. The summed E-state index contributed by atoms with van der Waals surface area (Å²) in [5, 5.41) is 14.1. The van der Waals surface area contributed by atoms with Gasteiger partial charge in [-0.3, -0.25) is 0 Å². The number of carboxylic acids is 1. The smallest absolute Gasteiger partial charge is 0.326 e. The Morgan fingerprint density at radius 2 is 2.05 bits per heavy atom. The third-order valence-corrected chi connectivity index (χ3v) is 3.16. The van der Waals surface area contributed by atoms with Crippen molar-refractivity contribution in [2.45, 2.75) is 25.8 Å². The molecule has 0 saturated carbocycles. The first-order valence-electron chi connectivity index (χ1n) is 6.85. The van der Waals surface area contributed by atoms with Gasteiger partial charge in [0, 0.05) is 26.7 Å². The summed E-state index contributed by atoms with van der Waals surface area (Å²) in [6, 6.07) is 6.52. The fourth-order valence-electron chi connectivity index (χ4n) is 1.90. The van der Waals surface area contributed by atoms with Crippen LogP contribution in [0.25, 0.3) is 0 Å². The number of carbonyl (C=O) groups is 2. The maximum Gasteiger partial charge on any atom is 0.326 e. The van der Waals surface area contributed by atoms with Crippen molar-refractivity contribution < 1.29 is 19.4 Å². The lowest BCUT2D eigenvalue weighted by Crippen LogP contribution is -2.46. The van der Waals surface area contributed by atoms with Gasteiger partial charge in [0.15, 0.2) is 0 Å². The summed E-state index contributed by atoms with van der Waals surface area (Å²) in [7, 11) is 1.49. The molecule has 1 rings (SSSR count). The predicted octanol–water partition coefficient (Wildman–Crippen LogP) is 1.33. The van der Waals surface area contributed by atoms with Gasteiger partial charge in [-0.15, -0.1) is 0 Å². The van der Waals surface area contributed by atoms with E-state index in [0.717, 1.165) is 5.56 Å². The minimum atomic E-state index is -1.07. The van der Waals surface area contributed by atoms with Gasteiger partial charge in [-0.1, -0.05) is 24.3 Å². The number of amides is 2. The Morgan fingerprint density at radius 3 is 2.67 bits per heavy atom. The average molecular weight is 294 g/mol. The van der Waals surface area contributed by atoms with E-state index in [1.807, 2.05) is 31.2 Å². The molecule has 6 heteroatoms. The summed E-state index contributed by atoms with van der Waals surface area (Å²) in [6.07, 6.45) is 0.937. The number of nitrogens with one attached hydrogen (secondary N) is 2. The molecule has 2 amide bonds. The third-order valence-electron chi connectivity index (χ3n) is 3.16. The van der Waals surface area contributed by atoms with Crippen molar-refractivity contribution in [1.82, 2.24) is 10.6 Å². The lowest BCUT2D eigenvalue weighted by molar-refractivity contribution is -0.139. The molecule has 0 heterocycles. The Kier molecular flexibility index (Phi) is 7.25. The highest BCUT2D eigenvalue weighted by atomic mass is 16.5. The van der Waals surface area contributed by atoms with Crippen LogP contribution in [0.5, 0.6) is 0 Å². The molecule has 0 saturated heterocycles. The Morgan fingerprint density at radius 1 is 1.33 bits per heavy atom. The van der Waals surface area contributed by atoms with E-state index in [0.29, 0.717) is 13.0 Å². The molecule has 3 N–H and O–H groups in total. The largest absolute Gasteiger partial charge is 0.480 e. The molecule has 0 aliphatic rings. The fourth-order valence-corrected chi connectivity index (χ4v) is 1.90. The standard InChI is InChI=1S/C15H22N2O4/c1-11-5-3-4-6-12(11)7-9-16-15(20)17-13(14(18)19)8-10-21-2/h3-6,13H,7-10H2,1-2H3,(H,18,19)(H2,16,17,20). The summed E-state index contributed by atoms with van der Waals surface area (Å²) < 4.78 is 4.82. The highest BCUT2D eigenvalue weighted by Gasteiger charge is 2.19. The normalized spacial score (nSPS) is 11.7. The van der Waals surface area contributed by atoms with Crippen molar-refractivity contribution >= 4 is 12.0 Å². The van der Waals surface area contributed by atoms with E-state index in [-0.39, 0.29) is 13.0 Å². The van der Waals surface area contributed by atoms with Gasteiger partial charge in [0.1, 0.15) is 6.04 Å². The van der Waals surface area contributed by atoms with E-state index in [4.69, 9.17) is 9.84 Å². The fraction of sp³-hybridized carbons (Fsp3) is 0.467. The molecule has 21 heavy (non-hydrogen) atoms. The molecule has 0 radical (unpaired) electrons. The van der Waals surface area contributed by atoms with Crippen molar-refractivity contribution in [2.75, 3.05) is 20.3 Å². The van der Waals surface area contributed by atoms with Crippen LogP contribution in [0.1, 0.15) is 17.5 Å². The summed E-state index contributed by atoms with van der Waals surface area (Å²) in [6.45, 7) is 2.74. The molecule has 0 aliphatic heterocycles. The second-order valence-electron chi connectivity index (χ2n) is 4.75. The van der Waals surface area contributed by atoms with Gasteiger partial charge in [0.2, 0.25) is 0 Å². The molecule has 1 aromatic rings. The maximum absolute atomic E-state index is 11.7. The number of hydrogen-bond acceptors (Lipinski definition) is 3. The average Bonchev–Trinajstić information content (AvgIpc) is 2.45. The maximum atomic E-state index is 11.7. The zero-order valence-electron chi connectivity index (χ0n) is 12.4. The van der Waals surface area contributed by atoms with E-state index in [1.165, 1.54) is 12.7 Å². The predicted molar refractivity (Wildman–Crippen MR) is 79.3 cm³/mol. The SMILES string of the molecule is COCCC(NC(=O)NCCc1ccccc1C)C(=O)O. The Labute approximate surface area is 124 Å². The number of urea groups is 1. The van der Waals surface area contributed by atoms with Crippen LogP contribution in [0, 0.1) is 6.92 Å². The van der Waals surface area contributed by atoms with Crippen molar-refractivity contribution in [2.24, 2.45) is 0 Å². The molecule has 116 valence electrons. The lowest BCUT2D eigenvalue weighted by atomic mass is 10.1. The number of carboxylic acid groups (broad SMARTS) is 1. The third kappa shape index (κ3) is 6.27. The molecule has 1 atom stereocenters. The number of methoxy groups -OCH3 is 1. The van der Waals surface area contributed by atoms with Crippen molar-refractivity contribution in [3.8, 4) is 0 Å². The van der Waals surface area contributed by atoms with Gasteiger partial charge in [-0.2, -0.15) is 0 Å². The van der Waals surface area contributed by atoms with E-state index in [2.05, 4.69) is 10.6 Å². The number of aliphatic carboxylic acids is 1. The second kappa shape index (κ2) is 8.97. The van der Waals surface area contributed by atoms with Crippen LogP contribution in [0.15, 0.2) is 24.3 Å². The Bertz CT molecular complexity index is 476. The lowest BCUT2D eigenvalue weighted by Gasteiger charge is -2.15. The first kappa shape index (κ1) is 17.0.